The van der Waals surface area contributed by atoms with Crippen LogP contribution in [0.1, 0.15) is 17.2 Å². The van der Waals surface area contributed by atoms with Gasteiger partial charge in [0.1, 0.15) is 30.3 Å². The Bertz CT molecular complexity index is 970. The van der Waals surface area contributed by atoms with Gasteiger partial charge in [0.25, 0.3) is 0 Å². The molecule has 9 nitrogen and oxygen atoms in total. The Hall–Kier alpha value is -3.23. The molecule has 0 N–H and O–H groups in total. The van der Waals surface area contributed by atoms with Crippen molar-refractivity contribution in [1.29, 1.82) is 0 Å². The normalized spacial score (nSPS) is 14.5. The highest BCUT2D eigenvalue weighted by Crippen LogP contribution is 2.19. The Labute approximate surface area is 163 Å². The van der Waals surface area contributed by atoms with E-state index in [9.17, 15) is 4.79 Å². The number of hydrogen-bond donors (Lipinski definition) is 0. The Morgan fingerprint density at radius 2 is 1.82 bits per heavy atom. The summed E-state index contributed by atoms with van der Waals surface area (Å²) in [6.07, 6.45) is 5.28. The summed E-state index contributed by atoms with van der Waals surface area (Å²) in [5.74, 6) is 2.51. The van der Waals surface area contributed by atoms with Gasteiger partial charge in [-0.2, -0.15) is 5.10 Å². The molecule has 1 saturated heterocycles. The van der Waals surface area contributed by atoms with Gasteiger partial charge >= 0.3 is 0 Å². The monoisotopic (exact) mass is 380 g/mol. The van der Waals surface area contributed by atoms with Crippen LogP contribution in [0, 0.1) is 20.8 Å². The summed E-state index contributed by atoms with van der Waals surface area (Å²) in [5.41, 5.74) is 2.06. The van der Waals surface area contributed by atoms with Crippen LogP contribution in [-0.4, -0.2) is 66.3 Å². The summed E-state index contributed by atoms with van der Waals surface area (Å²) in [5, 5.41) is 4.10. The number of carbonyl (C=O) groups is 1. The topological polar surface area (TPSA) is 85.0 Å². The zero-order valence-corrected chi connectivity index (χ0v) is 16.4. The largest absolute Gasteiger partial charge is 0.353 e. The van der Waals surface area contributed by atoms with Crippen LogP contribution in [0.15, 0.2) is 30.9 Å². The fraction of sp³-hybridized carbons (Fsp3) is 0.421. The third kappa shape index (κ3) is 3.60. The number of imidazole rings is 1. The van der Waals surface area contributed by atoms with E-state index in [1.165, 1.54) is 0 Å². The molecule has 0 bridgehead atoms. The first-order chi connectivity index (χ1) is 13.5. The standard InChI is InChI=1S/C19H24N8O/c1-14-15(2)27(13-20-14)18-11-17(22-16(3)23-18)24-7-9-25(10-8-24)19(28)12-26-6-4-5-21-26/h4-6,11,13H,7-10,12H2,1-3H3. The van der Waals surface area contributed by atoms with Crippen molar-refractivity contribution in [3.05, 3.63) is 48.1 Å². The minimum atomic E-state index is 0.0902. The van der Waals surface area contributed by atoms with E-state index in [1.54, 1.807) is 23.4 Å². The van der Waals surface area contributed by atoms with Gasteiger partial charge in [-0.1, -0.05) is 0 Å². The average Bonchev–Trinajstić information content (AvgIpc) is 3.32. The minimum absolute atomic E-state index is 0.0902. The molecule has 1 aliphatic rings. The van der Waals surface area contributed by atoms with Crippen LogP contribution < -0.4 is 4.90 Å². The molecule has 0 spiro atoms. The Morgan fingerprint density at radius 3 is 2.46 bits per heavy atom. The lowest BCUT2D eigenvalue weighted by molar-refractivity contribution is -0.132. The third-order valence-electron chi connectivity index (χ3n) is 5.12. The fourth-order valence-electron chi connectivity index (χ4n) is 3.37. The van der Waals surface area contributed by atoms with E-state index in [0.29, 0.717) is 13.1 Å². The quantitative estimate of drug-likeness (QED) is 0.675. The van der Waals surface area contributed by atoms with Gasteiger partial charge < -0.3 is 9.80 Å². The second-order valence-corrected chi connectivity index (χ2v) is 6.99. The van der Waals surface area contributed by atoms with Crippen molar-refractivity contribution in [3.63, 3.8) is 0 Å². The lowest BCUT2D eigenvalue weighted by Gasteiger charge is -2.35. The molecule has 0 aromatic carbocycles. The number of carbonyl (C=O) groups excluding carboxylic acids is 1. The molecule has 146 valence electrons. The van der Waals surface area contributed by atoms with Crippen molar-refractivity contribution in [1.82, 2.24) is 34.2 Å². The van der Waals surface area contributed by atoms with Crippen LogP contribution in [0.25, 0.3) is 5.82 Å². The Kier molecular flexibility index (Phi) is 4.81. The van der Waals surface area contributed by atoms with E-state index in [4.69, 9.17) is 0 Å². The highest BCUT2D eigenvalue weighted by molar-refractivity contribution is 5.76. The van der Waals surface area contributed by atoms with Crippen molar-refractivity contribution in [2.24, 2.45) is 0 Å². The lowest BCUT2D eigenvalue weighted by atomic mass is 10.3. The predicted octanol–water partition coefficient (Wildman–Crippen LogP) is 1.13. The van der Waals surface area contributed by atoms with E-state index < -0.39 is 0 Å². The number of hydrogen-bond acceptors (Lipinski definition) is 6. The number of amides is 1. The van der Waals surface area contributed by atoms with Gasteiger partial charge in [0.05, 0.1) is 5.69 Å². The van der Waals surface area contributed by atoms with Gasteiger partial charge in [0, 0.05) is 50.3 Å². The van der Waals surface area contributed by atoms with E-state index >= 15 is 0 Å². The predicted molar refractivity (Wildman–Crippen MR) is 104 cm³/mol. The van der Waals surface area contributed by atoms with Gasteiger partial charge in [-0.05, 0) is 26.8 Å². The van der Waals surface area contributed by atoms with Crippen molar-refractivity contribution in [3.8, 4) is 5.82 Å². The number of anilines is 1. The van der Waals surface area contributed by atoms with E-state index in [-0.39, 0.29) is 12.5 Å². The summed E-state index contributed by atoms with van der Waals surface area (Å²) in [4.78, 5) is 30.1. The van der Waals surface area contributed by atoms with Gasteiger partial charge in [-0.25, -0.2) is 15.0 Å². The smallest absolute Gasteiger partial charge is 0.244 e. The molecule has 0 atom stereocenters. The number of rotatable bonds is 4. The molecule has 0 unspecified atom stereocenters. The zero-order valence-electron chi connectivity index (χ0n) is 16.4. The summed E-state index contributed by atoms with van der Waals surface area (Å²) in [6.45, 7) is 9.01. The maximum absolute atomic E-state index is 12.5. The summed E-state index contributed by atoms with van der Waals surface area (Å²) >= 11 is 0. The van der Waals surface area contributed by atoms with Gasteiger partial charge in [-0.15, -0.1) is 0 Å². The first-order valence-electron chi connectivity index (χ1n) is 9.38. The molecule has 1 aliphatic heterocycles. The fourth-order valence-corrected chi connectivity index (χ4v) is 3.37. The third-order valence-corrected chi connectivity index (χ3v) is 5.12. The first-order valence-corrected chi connectivity index (χ1v) is 9.38. The second kappa shape index (κ2) is 7.41. The van der Waals surface area contributed by atoms with E-state index in [2.05, 4.69) is 25.0 Å². The minimum Gasteiger partial charge on any atom is -0.353 e. The van der Waals surface area contributed by atoms with Crippen molar-refractivity contribution >= 4 is 11.7 Å². The van der Waals surface area contributed by atoms with E-state index in [0.717, 1.165) is 41.9 Å². The van der Waals surface area contributed by atoms with Crippen molar-refractivity contribution in [2.75, 3.05) is 31.1 Å². The van der Waals surface area contributed by atoms with Crippen LogP contribution in [0.4, 0.5) is 5.82 Å². The van der Waals surface area contributed by atoms with Gasteiger partial charge in [0.2, 0.25) is 5.91 Å². The molecule has 4 rings (SSSR count). The molecule has 0 aliphatic carbocycles. The highest BCUT2D eigenvalue weighted by atomic mass is 16.2. The molecule has 1 amide bonds. The van der Waals surface area contributed by atoms with Crippen LogP contribution in [0.2, 0.25) is 0 Å². The number of nitrogens with zero attached hydrogens (tertiary/aromatic N) is 8. The molecule has 4 heterocycles. The van der Waals surface area contributed by atoms with Gasteiger partial charge in [0.15, 0.2) is 0 Å². The highest BCUT2D eigenvalue weighted by Gasteiger charge is 2.23. The molecule has 3 aromatic rings. The van der Waals surface area contributed by atoms with Crippen LogP contribution in [-0.2, 0) is 11.3 Å². The number of aromatic nitrogens is 6. The van der Waals surface area contributed by atoms with Crippen LogP contribution in [0.3, 0.4) is 0 Å². The van der Waals surface area contributed by atoms with Gasteiger partial charge in [-0.3, -0.25) is 14.0 Å². The Morgan fingerprint density at radius 1 is 1.07 bits per heavy atom. The molecular weight excluding hydrogens is 356 g/mol. The van der Waals surface area contributed by atoms with Crippen molar-refractivity contribution < 1.29 is 4.79 Å². The SMILES string of the molecule is Cc1nc(N2CCN(C(=O)Cn3cccn3)CC2)cc(-n2cnc(C)c2C)n1. The molecular formula is C19H24N8O. The second-order valence-electron chi connectivity index (χ2n) is 6.99. The number of aryl methyl sites for hydroxylation is 2. The average molecular weight is 380 g/mol. The summed E-state index contributed by atoms with van der Waals surface area (Å²) in [6, 6.07) is 3.81. The molecule has 0 saturated carbocycles. The maximum Gasteiger partial charge on any atom is 0.244 e. The zero-order chi connectivity index (χ0) is 19.7. The Balaban J connectivity index is 1.46. The molecule has 9 heteroatoms. The summed E-state index contributed by atoms with van der Waals surface area (Å²) < 4.78 is 3.64. The van der Waals surface area contributed by atoms with Crippen LogP contribution in [0.5, 0.6) is 0 Å². The summed E-state index contributed by atoms with van der Waals surface area (Å²) in [7, 11) is 0. The molecule has 3 aromatic heterocycles. The van der Waals surface area contributed by atoms with Crippen molar-refractivity contribution in [2.45, 2.75) is 27.3 Å². The molecule has 1 fully saturated rings. The molecule has 0 radical (unpaired) electrons. The lowest BCUT2D eigenvalue weighted by Crippen LogP contribution is -2.50. The van der Waals surface area contributed by atoms with Crippen LogP contribution >= 0.6 is 0 Å². The number of piperazine rings is 1. The van der Waals surface area contributed by atoms with E-state index in [1.807, 2.05) is 42.4 Å². The maximum atomic E-state index is 12.5. The first kappa shape index (κ1) is 18.1. The molecule has 28 heavy (non-hydrogen) atoms.